The summed E-state index contributed by atoms with van der Waals surface area (Å²) in [6.45, 7) is -0.0339. The molecule has 0 aliphatic rings. The molecule has 3 N–H and O–H groups in total. The number of carbonyl (C=O) groups is 2. The Morgan fingerprint density at radius 2 is 2.00 bits per heavy atom. The molecule has 0 bridgehead atoms. The van der Waals surface area contributed by atoms with Gasteiger partial charge in [-0.25, -0.2) is 0 Å². The Morgan fingerprint density at radius 1 is 1.22 bits per heavy atom. The van der Waals surface area contributed by atoms with Crippen LogP contribution in [0.5, 0.6) is 5.75 Å². The first-order valence-electron chi connectivity index (χ1n) is 8.11. The van der Waals surface area contributed by atoms with Crippen molar-refractivity contribution in [3.05, 3.63) is 58.1 Å². The molecule has 0 radical (unpaired) electrons. The van der Waals surface area contributed by atoms with Crippen molar-refractivity contribution in [3.8, 4) is 11.8 Å². The SMILES string of the molecule is CNC(=O)COc1cc(C#N)ccc1CNC(=O)c1cccc(Cl)c1NC. The Kier molecular flexibility index (Phi) is 7.03. The number of likely N-dealkylation sites (N-methyl/N-ethyl adjacent to an activating group) is 1. The molecule has 2 amide bonds. The van der Waals surface area contributed by atoms with Gasteiger partial charge in [-0.15, -0.1) is 0 Å². The van der Waals surface area contributed by atoms with Crippen LogP contribution in [0.4, 0.5) is 5.69 Å². The maximum Gasteiger partial charge on any atom is 0.257 e. The highest BCUT2D eigenvalue weighted by atomic mass is 35.5. The summed E-state index contributed by atoms with van der Waals surface area (Å²) >= 11 is 6.10. The van der Waals surface area contributed by atoms with Gasteiger partial charge in [0.05, 0.1) is 27.9 Å². The normalized spacial score (nSPS) is 9.85. The van der Waals surface area contributed by atoms with Crippen LogP contribution in [0.2, 0.25) is 5.02 Å². The van der Waals surface area contributed by atoms with Gasteiger partial charge in [-0.3, -0.25) is 9.59 Å². The number of ether oxygens (including phenoxy) is 1. The molecule has 0 unspecified atom stereocenters. The van der Waals surface area contributed by atoms with Gasteiger partial charge in [-0.2, -0.15) is 5.26 Å². The Morgan fingerprint density at radius 3 is 2.67 bits per heavy atom. The quantitative estimate of drug-likeness (QED) is 0.677. The van der Waals surface area contributed by atoms with Crippen molar-refractivity contribution in [3.63, 3.8) is 0 Å². The zero-order valence-corrected chi connectivity index (χ0v) is 15.7. The van der Waals surface area contributed by atoms with Crippen LogP contribution in [0.3, 0.4) is 0 Å². The second-order valence-electron chi connectivity index (χ2n) is 5.49. The number of nitrogens with one attached hydrogen (secondary N) is 3. The standard InChI is InChI=1S/C19H19ClN4O3/c1-22-17(25)11-27-16-8-12(9-21)6-7-13(16)10-24-19(26)14-4-3-5-15(20)18(14)23-2/h3-8,23H,10-11H2,1-2H3,(H,22,25)(H,24,26). The van der Waals surface area contributed by atoms with Crippen molar-refractivity contribution in [2.24, 2.45) is 0 Å². The molecule has 0 aliphatic carbocycles. The molecule has 0 saturated carbocycles. The number of nitriles is 1. The predicted octanol–water partition coefficient (Wildman–Crippen LogP) is 2.31. The topological polar surface area (TPSA) is 103 Å². The lowest BCUT2D eigenvalue weighted by atomic mass is 10.1. The highest BCUT2D eigenvalue weighted by molar-refractivity contribution is 6.34. The van der Waals surface area contributed by atoms with E-state index in [1.165, 1.54) is 13.1 Å². The number of hydrogen-bond donors (Lipinski definition) is 3. The molecular formula is C19H19ClN4O3. The molecule has 0 aliphatic heterocycles. The third-order valence-electron chi connectivity index (χ3n) is 3.78. The minimum Gasteiger partial charge on any atom is -0.483 e. The number of para-hydroxylation sites is 1. The first-order chi connectivity index (χ1) is 13.0. The second kappa shape index (κ2) is 9.46. The van der Waals surface area contributed by atoms with E-state index in [2.05, 4.69) is 16.0 Å². The molecule has 2 aromatic rings. The second-order valence-corrected chi connectivity index (χ2v) is 5.90. The fourth-order valence-electron chi connectivity index (χ4n) is 2.36. The fourth-order valence-corrected chi connectivity index (χ4v) is 2.63. The molecule has 0 atom stereocenters. The van der Waals surface area contributed by atoms with E-state index in [9.17, 15) is 9.59 Å². The highest BCUT2D eigenvalue weighted by Crippen LogP contribution is 2.26. The third-order valence-corrected chi connectivity index (χ3v) is 4.10. The van der Waals surface area contributed by atoms with Gasteiger partial charge in [0.15, 0.2) is 6.61 Å². The summed E-state index contributed by atoms with van der Waals surface area (Å²) in [4.78, 5) is 23.9. The predicted molar refractivity (Wildman–Crippen MR) is 103 cm³/mol. The van der Waals surface area contributed by atoms with Crippen LogP contribution in [-0.2, 0) is 11.3 Å². The van der Waals surface area contributed by atoms with Crippen LogP contribution in [-0.4, -0.2) is 32.5 Å². The van der Waals surface area contributed by atoms with Gasteiger partial charge in [0, 0.05) is 26.2 Å². The van der Waals surface area contributed by atoms with Gasteiger partial charge in [-0.05, 0) is 24.3 Å². The number of benzene rings is 2. The largest absolute Gasteiger partial charge is 0.483 e. The van der Waals surface area contributed by atoms with Gasteiger partial charge in [0.25, 0.3) is 11.8 Å². The third kappa shape index (κ3) is 5.12. The molecule has 0 aromatic heterocycles. The molecule has 0 spiro atoms. The summed E-state index contributed by atoms with van der Waals surface area (Å²) in [6.07, 6.45) is 0. The summed E-state index contributed by atoms with van der Waals surface area (Å²) in [5.41, 5.74) is 1.97. The average Bonchev–Trinajstić information content (AvgIpc) is 2.70. The summed E-state index contributed by atoms with van der Waals surface area (Å²) < 4.78 is 5.49. The van der Waals surface area contributed by atoms with E-state index in [1.54, 1.807) is 37.4 Å². The molecule has 0 fully saturated rings. The maximum atomic E-state index is 12.5. The van der Waals surface area contributed by atoms with Crippen molar-refractivity contribution in [2.45, 2.75) is 6.54 Å². The minimum absolute atomic E-state index is 0.156. The van der Waals surface area contributed by atoms with Gasteiger partial charge < -0.3 is 20.7 Å². The van der Waals surface area contributed by atoms with E-state index in [1.807, 2.05) is 6.07 Å². The van der Waals surface area contributed by atoms with E-state index >= 15 is 0 Å². The van der Waals surface area contributed by atoms with E-state index in [4.69, 9.17) is 21.6 Å². The molecule has 27 heavy (non-hydrogen) atoms. The van der Waals surface area contributed by atoms with Gasteiger partial charge in [-0.1, -0.05) is 23.7 Å². The lowest BCUT2D eigenvalue weighted by molar-refractivity contribution is -0.122. The Balaban J connectivity index is 2.17. The van der Waals surface area contributed by atoms with Crippen LogP contribution in [0.15, 0.2) is 36.4 Å². The number of carbonyl (C=O) groups excluding carboxylic acids is 2. The smallest absolute Gasteiger partial charge is 0.257 e. The van der Waals surface area contributed by atoms with Crippen LogP contribution < -0.4 is 20.7 Å². The van der Waals surface area contributed by atoms with E-state index in [0.717, 1.165) is 0 Å². The molecule has 2 aromatic carbocycles. The monoisotopic (exact) mass is 386 g/mol. The number of rotatable bonds is 7. The van der Waals surface area contributed by atoms with Crippen LogP contribution in [0.1, 0.15) is 21.5 Å². The van der Waals surface area contributed by atoms with Crippen molar-refractivity contribution in [1.29, 1.82) is 5.26 Å². The Labute approximate surface area is 162 Å². The summed E-state index contributed by atoms with van der Waals surface area (Å²) in [5.74, 6) is -0.258. The first kappa shape index (κ1) is 20.1. The van der Waals surface area contributed by atoms with Crippen molar-refractivity contribution in [1.82, 2.24) is 10.6 Å². The Hall–Kier alpha value is -3.24. The molecule has 7 nitrogen and oxygen atoms in total. The van der Waals surface area contributed by atoms with Gasteiger partial charge in [0.1, 0.15) is 5.75 Å². The Bertz CT molecular complexity index is 893. The maximum absolute atomic E-state index is 12.5. The molecular weight excluding hydrogens is 368 g/mol. The number of hydrogen-bond acceptors (Lipinski definition) is 5. The summed E-state index contributed by atoms with van der Waals surface area (Å²) in [5, 5.41) is 17.7. The fraction of sp³-hybridized carbons (Fsp3) is 0.211. The van der Waals surface area contributed by atoms with Crippen LogP contribution in [0.25, 0.3) is 0 Å². The number of nitrogens with zero attached hydrogens (tertiary/aromatic N) is 1. The lowest BCUT2D eigenvalue weighted by Crippen LogP contribution is -2.26. The molecule has 140 valence electrons. The average molecular weight is 387 g/mol. The van der Waals surface area contributed by atoms with E-state index in [-0.39, 0.29) is 25.0 Å². The molecule has 2 rings (SSSR count). The lowest BCUT2D eigenvalue weighted by Gasteiger charge is -2.14. The first-order valence-corrected chi connectivity index (χ1v) is 8.48. The van der Waals surface area contributed by atoms with E-state index < -0.39 is 0 Å². The number of anilines is 1. The summed E-state index contributed by atoms with van der Waals surface area (Å²) in [6, 6.07) is 11.9. The molecule has 0 saturated heterocycles. The number of halogens is 1. The zero-order chi connectivity index (χ0) is 19.8. The summed E-state index contributed by atoms with van der Waals surface area (Å²) in [7, 11) is 3.19. The molecule has 0 heterocycles. The van der Waals surface area contributed by atoms with Gasteiger partial charge >= 0.3 is 0 Å². The van der Waals surface area contributed by atoms with Crippen molar-refractivity contribution >= 4 is 29.1 Å². The minimum atomic E-state index is -0.316. The van der Waals surface area contributed by atoms with E-state index in [0.29, 0.717) is 33.1 Å². The van der Waals surface area contributed by atoms with Crippen LogP contribution >= 0.6 is 11.6 Å². The molecule has 8 heteroatoms. The number of amides is 2. The van der Waals surface area contributed by atoms with Crippen LogP contribution in [0, 0.1) is 11.3 Å². The van der Waals surface area contributed by atoms with Crippen molar-refractivity contribution in [2.75, 3.05) is 26.0 Å². The van der Waals surface area contributed by atoms with Crippen molar-refractivity contribution < 1.29 is 14.3 Å². The highest BCUT2D eigenvalue weighted by Gasteiger charge is 2.14. The zero-order valence-electron chi connectivity index (χ0n) is 14.9. The van der Waals surface area contributed by atoms with Gasteiger partial charge in [0.2, 0.25) is 0 Å².